The maximum absolute atomic E-state index is 13.0. The number of nitrogens with one attached hydrogen (secondary N) is 2. The predicted molar refractivity (Wildman–Crippen MR) is 112 cm³/mol. The fourth-order valence-electron chi connectivity index (χ4n) is 3.33. The van der Waals surface area contributed by atoms with Crippen molar-refractivity contribution in [3.8, 4) is 0 Å². The van der Waals surface area contributed by atoms with Gasteiger partial charge >= 0.3 is 11.8 Å². The van der Waals surface area contributed by atoms with E-state index in [0.717, 1.165) is 40.0 Å². The van der Waals surface area contributed by atoms with Crippen LogP contribution in [0, 0.1) is 0 Å². The summed E-state index contributed by atoms with van der Waals surface area (Å²) in [7, 11) is 1.75. The molecule has 2 N–H and O–H groups in total. The molecule has 0 spiro atoms. The van der Waals surface area contributed by atoms with Gasteiger partial charge < -0.3 is 14.6 Å². The number of rotatable bonds is 6. The molecule has 1 atom stereocenters. The van der Waals surface area contributed by atoms with Gasteiger partial charge in [0, 0.05) is 22.7 Å². The van der Waals surface area contributed by atoms with Gasteiger partial charge in [-0.15, -0.1) is 0 Å². The summed E-state index contributed by atoms with van der Waals surface area (Å²) in [6.07, 6.45) is -3.82. The number of anilines is 1. The molecular formula is C22H21ClF3N2O3+. The third-order valence-corrected chi connectivity index (χ3v) is 5.14. The normalized spacial score (nSPS) is 12.7. The maximum Gasteiger partial charge on any atom is 0.417 e. The van der Waals surface area contributed by atoms with Gasteiger partial charge in [0.1, 0.15) is 12.1 Å². The molecule has 3 aromatic rings. The number of carbonyl (C=O) groups is 1. The van der Waals surface area contributed by atoms with Crippen molar-refractivity contribution in [1.82, 2.24) is 0 Å². The number of hydrogen-bond acceptors (Lipinski definition) is 3. The maximum atomic E-state index is 13.0. The molecule has 0 saturated carbocycles. The van der Waals surface area contributed by atoms with Gasteiger partial charge in [0.05, 0.1) is 17.6 Å². The van der Waals surface area contributed by atoms with Gasteiger partial charge in [0.15, 0.2) is 6.54 Å². The molecule has 0 bridgehead atoms. The number of hydrogen-bond donors (Lipinski definition) is 2. The summed E-state index contributed by atoms with van der Waals surface area (Å²) >= 11 is 5.60. The molecule has 1 heterocycles. The number of quaternary nitrogens is 1. The topological polar surface area (TPSA) is 63.8 Å². The van der Waals surface area contributed by atoms with Crippen molar-refractivity contribution in [2.45, 2.75) is 26.1 Å². The van der Waals surface area contributed by atoms with E-state index in [-0.39, 0.29) is 12.2 Å². The first-order valence-corrected chi connectivity index (χ1v) is 9.98. The summed E-state index contributed by atoms with van der Waals surface area (Å²) in [6, 6.07) is 10.3. The molecule has 9 heteroatoms. The summed E-state index contributed by atoms with van der Waals surface area (Å²) in [4.78, 5) is 25.0. The van der Waals surface area contributed by atoms with Crippen LogP contribution in [0.3, 0.4) is 0 Å². The number of aryl methyl sites for hydroxylation is 1. The molecule has 0 aliphatic heterocycles. The van der Waals surface area contributed by atoms with Crippen molar-refractivity contribution in [3.63, 3.8) is 0 Å². The second-order valence-electron chi connectivity index (χ2n) is 7.33. The van der Waals surface area contributed by atoms with Crippen molar-refractivity contribution in [2.75, 3.05) is 18.9 Å². The molecule has 0 aliphatic carbocycles. The minimum atomic E-state index is -4.62. The summed E-state index contributed by atoms with van der Waals surface area (Å²) in [5, 5.41) is 2.81. The number of halogens is 4. The Kier molecular flexibility index (Phi) is 6.71. The molecule has 3 rings (SSSR count). The number of likely N-dealkylation sites (N-methyl/N-ethyl adjacent to an activating group) is 1. The highest BCUT2D eigenvalue weighted by Gasteiger charge is 2.33. The highest BCUT2D eigenvalue weighted by Crippen LogP contribution is 2.36. The van der Waals surface area contributed by atoms with E-state index < -0.39 is 28.3 Å². The highest BCUT2D eigenvalue weighted by molar-refractivity contribution is 6.31. The quantitative estimate of drug-likeness (QED) is 0.560. The Balaban J connectivity index is 1.72. The first-order chi connectivity index (χ1) is 14.6. The van der Waals surface area contributed by atoms with Gasteiger partial charge in [0.2, 0.25) is 0 Å². The number of benzene rings is 2. The molecule has 0 radical (unpaired) electrons. The third kappa shape index (κ3) is 5.65. The predicted octanol–water partition coefficient (Wildman–Crippen LogP) is 3.68. The number of carbonyl (C=O) groups excluding carboxylic acids is 1. The summed E-state index contributed by atoms with van der Waals surface area (Å²) in [5.74, 6) is -0.464. The standard InChI is InChI=1S/C22H20ClF3N2O3/c1-3-13-4-6-16-14(9-21(30)31-19(16)8-13)11-28(2)12-20(29)27-15-5-7-18(23)17(10-15)22(24,25)26/h4-10H,3,11-12H2,1-2H3,(H,27,29)/p+1. The minimum Gasteiger partial charge on any atom is -0.423 e. The van der Waals surface area contributed by atoms with E-state index in [9.17, 15) is 22.8 Å². The van der Waals surface area contributed by atoms with E-state index in [2.05, 4.69) is 5.32 Å². The summed E-state index contributed by atoms with van der Waals surface area (Å²) in [6.45, 7) is 2.34. The van der Waals surface area contributed by atoms with Crippen LogP contribution in [-0.2, 0) is 23.9 Å². The van der Waals surface area contributed by atoms with Crippen LogP contribution >= 0.6 is 11.6 Å². The van der Waals surface area contributed by atoms with Crippen LogP contribution in [0.25, 0.3) is 11.0 Å². The fourth-order valence-corrected chi connectivity index (χ4v) is 3.55. The molecule has 5 nitrogen and oxygen atoms in total. The largest absolute Gasteiger partial charge is 0.423 e. The van der Waals surface area contributed by atoms with E-state index in [1.807, 2.05) is 25.1 Å². The van der Waals surface area contributed by atoms with Crippen LogP contribution in [0.5, 0.6) is 0 Å². The first-order valence-electron chi connectivity index (χ1n) is 9.60. The van der Waals surface area contributed by atoms with Crippen molar-refractivity contribution in [1.29, 1.82) is 0 Å². The van der Waals surface area contributed by atoms with Crippen LogP contribution in [0.4, 0.5) is 18.9 Å². The Morgan fingerprint density at radius 3 is 2.58 bits per heavy atom. The van der Waals surface area contributed by atoms with Crippen LogP contribution in [0.1, 0.15) is 23.6 Å². The van der Waals surface area contributed by atoms with Gasteiger partial charge in [-0.2, -0.15) is 13.2 Å². The Bertz CT molecular complexity index is 1170. The van der Waals surface area contributed by atoms with E-state index >= 15 is 0 Å². The fraction of sp³-hybridized carbons (Fsp3) is 0.273. The lowest BCUT2D eigenvalue weighted by atomic mass is 10.1. The van der Waals surface area contributed by atoms with Gasteiger partial charge in [-0.1, -0.05) is 30.7 Å². The lowest BCUT2D eigenvalue weighted by Crippen LogP contribution is -3.08. The monoisotopic (exact) mass is 453 g/mol. The van der Waals surface area contributed by atoms with E-state index in [1.54, 1.807) is 7.05 Å². The molecule has 1 aromatic heterocycles. The Hall–Kier alpha value is -2.84. The second kappa shape index (κ2) is 9.11. The van der Waals surface area contributed by atoms with E-state index in [0.29, 0.717) is 12.1 Å². The van der Waals surface area contributed by atoms with Crippen molar-refractivity contribution >= 4 is 34.2 Å². The molecular weight excluding hydrogens is 433 g/mol. The van der Waals surface area contributed by atoms with Gasteiger partial charge in [0.25, 0.3) is 5.91 Å². The Morgan fingerprint density at radius 2 is 1.90 bits per heavy atom. The van der Waals surface area contributed by atoms with E-state index in [1.165, 1.54) is 12.1 Å². The molecule has 164 valence electrons. The Morgan fingerprint density at radius 1 is 1.16 bits per heavy atom. The van der Waals surface area contributed by atoms with Crippen molar-refractivity contribution < 1.29 is 27.3 Å². The SMILES string of the molecule is CCc1ccc2c(C[NH+](C)CC(=O)Nc3ccc(Cl)c(C(F)(F)F)c3)cc(=O)oc2c1. The average molecular weight is 454 g/mol. The molecule has 0 aliphatic rings. The molecule has 2 aromatic carbocycles. The van der Waals surface area contributed by atoms with Crippen molar-refractivity contribution in [2.24, 2.45) is 0 Å². The minimum absolute atomic E-state index is 0.00688. The average Bonchev–Trinajstić information content (AvgIpc) is 2.67. The molecule has 0 saturated heterocycles. The van der Waals surface area contributed by atoms with Gasteiger partial charge in [-0.25, -0.2) is 4.79 Å². The zero-order valence-electron chi connectivity index (χ0n) is 16.9. The van der Waals surface area contributed by atoms with Crippen LogP contribution in [0.15, 0.2) is 51.7 Å². The first kappa shape index (κ1) is 22.8. The zero-order chi connectivity index (χ0) is 22.8. The van der Waals surface area contributed by atoms with Gasteiger partial charge in [-0.3, -0.25) is 4.79 Å². The molecule has 1 unspecified atom stereocenters. The molecule has 1 amide bonds. The Labute approximate surface area is 181 Å². The molecule has 31 heavy (non-hydrogen) atoms. The molecule has 0 fully saturated rings. The smallest absolute Gasteiger partial charge is 0.417 e. The number of amides is 1. The number of alkyl halides is 3. The summed E-state index contributed by atoms with van der Waals surface area (Å²) in [5.41, 5.74) is 0.766. The highest BCUT2D eigenvalue weighted by atomic mass is 35.5. The second-order valence-corrected chi connectivity index (χ2v) is 7.73. The van der Waals surface area contributed by atoms with Crippen LogP contribution < -0.4 is 15.8 Å². The third-order valence-electron chi connectivity index (χ3n) is 4.81. The van der Waals surface area contributed by atoms with E-state index in [4.69, 9.17) is 16.0 Å². The zero-order valence-corrected chi connectivity index (χ0v) is 17.7. The van der Waals surface area contributed by atoms with Crippen molar-refractivity contribution in [3.05, 3.63) is 74.6 Å². The lowest BCUT2D eigenvalue weighted by molar-refractivity contribution is -0.885. The lowest BCUT2D eigenvalue weighted by Gasteiger charge is -2.16. The van der Waals surface area contributed by atoms with Gasteiger partial charge in [-0.05, 0) is 36.2 Å². The summed E-state index contributed by atoms with van der Waals surface area (Å²) < 4.78 is 44.3. The van der Waals surface area contributed by atoms with Crippen LogP contribution in [-0.4, -0.2) is 19.5 Å². The number of fused-ring (bicyclic) bond motifs is 1. The van der Waals surface area contributed by atoms with Crippen LogP contribution in [0.2, 0.25) is 5.02 Å².